The highest BCUT2D eigenvalue weighted by Gasteiger charge is 2.38. The van der Waals surface area contributed by atoms with Gasteiger partial charge in [0.1, 0.15) is 5.75 Å². The summed E-state index contributed by atoms with van der Waals surface area (Å²) < 4.78 is 11.2. The molecular formula is C23H36N4O2. The molecule has 4 rings (SSSR count). The molecule has 1 N–H and O–H groups in total. The molecule has 3 aliphatic rings. The summed E-state index contributed by atoms with van der Waals surface area (Å²) in [5, 5.41) is 3.74. The molecule has 2 saturated heterocycles. The second-order valence-corrected chi connectivity index (χ2v) is 8.63. The Kier molecular flexibility index (Phi) is 6.60. The highest BCUT2D eigenvalue weighted by atomic mass is 16.5. The minimum atomic E-state index is 0.131. The molecule has 0 bridgehead atoms. The van der Waals surface area contributed by atoms with Crippen molar-refractivity contribution < 1.29 is 9.47 Å². The Bertz CT molecular complexity index is 696. The maximum atomic E-state index is 5.71. The molecule has 3 fully saturated rings. The van der Waals surface area contributed by atoms with Crippen LogP contribution < -0.4 is 10.1 Å². The van der Waals surface area contributed by atoms with Crippen LogP contribution in [0.4, 0.5) is 0 Å². The normalized spacial score (nSPS) is 25.4. The van der Waals surface area contributed by atoms with E-state index in [9.17, 15) is 0 Å². The van der Waals surface area contributed by atoms with Crippen LogP contribution in [-0.2, 0) is 10.2 Å². The summed E-state index contributed by atoms with van der Waals surface area (Å²) in [4.78, 5) is 9.66. The number of likely N-dealkylation sites (tertiary alicyclic amines) is 1. The summed E-state index contributed by atoms with van der Waals surface area (Å²) in [7, 11) is 3.69. The summed E-state index contributed by atoms with van der Waals surface area (Å²) in [5.74, 6) is 2.06. The predicted molar refractivity (Wildman–Crippen MR) is 117 cm³/mol. The minimum Gasteiger partial charge on any atom is -0.496 e. The monoisotopic (exact) mass is 400 g/mol. The van der Waals surface area contributed by atoms with Gasteiger partial charge in [0, 0.05) is 56.8 Å². The second kappa shape index (κ2) is 9.35. The molecule has 1 aliphatic carbocycles. The smallest absolute Gasteiger partial charge is 0.193 e. The molecule has 2 aliphatic heterocycles. The Labute approximate surface area is 175 Å². The molecule has 6 nitrogen and oxygen atoms in total. The lowest BCUT2D eigenvalue weighted by Gasteiger charge is -2.34. The number of hydrogen-bond acceptors (Lipinski definition) is 4. The lowest BCUT2D eigenvalue weighted by Crippen LogP contribution is -2.48. The van der Waals surface area contributed by atoms with Crippen LogP contribution in [0.3, 0.4) is 0 Å². The van der Waals surface area contributed by atoms with Crippen molar-refractivity contribution in [3.63, 3.8) is 0 Å². The molecule has 1 aromatic carbocycles. The van der Waals surface area contributed by atoms with Gasteiger partial charge in [-0.3, -0.25) is 9.89 Å². The van der Waals surface area contributed by atoms with Gasteiger partial charge in [0.15, 0.2) is 5.96 Å². The lowest BCUT2D eigenvalue weighted by molar-refractivity contribution is 0.0195. The van der Waals surface area contributed by atoms with Crippen LogP contribution in [0.2, 0.25) is 0 Å². The van der Waals surface area contributed by atoms with E-state index in [-0.39, 0.29) is 5.41 Å². The van der Waals surface area contributed by atoms with Crippen molar-refractivity contribution in [1.82, 2.24) is 15.1 Å². The number of nitrogens with one attached hydrogen (secondary N) is 1. The van der Waals surface area contributed by atoms with Gasteiger partial charge >= 0.3 is 0 Å². The van der Waals surface area contributed by atoms with E-state index >= 15 is 0 Å². The van der Waals surface area contributed by atoms with Gasteiger partial charge in [-0.15, -0.1) is 0 Å². The van der Waals surface area contributed by atoms with E-state index in [0.717, 1.165) is 57.6 Å². The Morgan fingerprint density at radius 3 is 2.69 bits per heavy atom. The van der Waals surface area contributed by atoms with Crippen LogP contribution in [0, 0.1) is 0 Å². The third-order valence-corrected chi connectivity index (χ3v) is 7.06. The first-order valence-corrected chi connectivity index (χ1v) is 11.2. The first-order valence-electron chi connectivity index (χ1n) is 11.2. The van der Waals surface area contributed by atoms with Crippen molar-refractivity contribution >= 4 is 5.96 Å². The zero-order valence-corrected chi connectivity index (χ0v) is 18.0. The largest absolute Gasteiger partial charge is 0.496 e. The number of morpholine rings is 1. The van der Waals surface area contributed by atoms with E-state index in [2.05, 4.69) is 44.4 Å². The zero-order chi connectivity index (χ0) is 20.1. The highest BCUT2D eigenvalue weighted by Crippen LogP contribution is 2.44. The average molecular weight is 401 g/mol. The fraction of sp³-hybridized carbons (Fsp3) is 0.696. The average Bonchev–Trinajstić information content (AvgIpc) is 3.46. The van der Waals surface area contributed by atoms with Crippen LogP contribution in [0.5, 0.6) is 5.75 Å². The number of guanidine groups is 1. The summed E-state index contributed by atoms with van der Waals surface area (Å²) in [6, 6.07) is 9.16. The fourth-order valence-electron chi connectivity index (χ4n) is 5.43. The summed E-state index contributed by atoms with van der Waals surface area (Å²) in [6.45, 7) is 6.89. The third-order valence-electron chi connectivity index (χ3n) is 7.06. The van der Waals surface area contributed by atoms with Crippen molar-refractivity contribution in [3.8, 4) is 5.75 Å². The molecule has 0 amide bonds. The first kappa shape index (κ1) is 20.5. The van der Waals surface area contributed by atoms with Gasteiger partial charge in [0.05, 0.1) is 20.3 Å². The molecular weight excluding hydrogens is 364 g/mol. The molecule has 1 saturated carbocycles. The number of hydrogen-bond donors (Lipinski definition) is 1. The van der Waals surface area contributed by atoms with Gasteiger partial charge in [0.2, 0.25) is 0 Å². The van der Waals surface area contributed by atoms with Crippen LogP contribution in [0.1, 0.15) is 37.7 Å². The molecule has 1 aromatic rings. The standard InChI is InChI=1S/C23H36N4O2/c1-24-22(27-12-9-19(17-27)26-13-15-29-16-14-26)25-18-23(10-5-6-11-23)20-7-3-4-8-21(20)28-2/h3-4,7-8,19H,5-6,9-18H2,1-2H3,(H,24,25). The molecule has 0 aromatic heterocycles. The van der Waals surface area contributed by atoms with Crippen molar-refractivity contribution in [2.75, 3.05) is 60.1 Å². The van der Waals surface area contributed by atoms with Crippen molar-refractivity contribution in [1.29, 1.82) is 0 Å². The number of ether oxygens (including phenoxy) is 2. The van der Waals surface area contributed by atoms with Crippen molar-refractivity contribution in [2.24, 2.45) is 4.99 Å². The number of benzene rings is 1. The van der Waals surface area contributed by atoms with Gasteiger partial charge in [-0.25, -0.2) is 0 Å². The Morgan fingerprint density at radius 2 is 1.97 bits per heavy atom. The molecule has 6 heteroatoms. The number of rotatable bonds is 5. The Balaban J connectivity index is 1.42. The Hall–Kier alpha value is -1.79. The summed E-state index contributed by atoms with van der Waals surface area (Å²) in [6.07, 6.45) is 6.17. The van der Waals surface area contributed by atoms with Gasteiger partial charge < -0.3 is 19.7 Å². The summed E-state index contributed by atoms with van der Waals surface area (Å²) in [5.41, 5.74) is 1.47. The van der Waals surface area contributed by atoms with E-state index in [1.807, 2.05) is 7.05 Å². The topological polar surface area (TPSA) is 49.3 Å². The van der Waals surface area contributed by atoms with Gasteiger partial charge in [-0.1, -0.05) is 31.0 Å². The predicted octanol–water partition coefficient (Wildman–Crippen LogP) is 2.49. The number of aliphatic imine (C=N–C) groups is 1. The number of methoxy groups -OCH3 is 1. The van der Waals surface area contributed by atoms with Crippen LogP contribution >= 0.6 is 0 Å². The molecule has 0 spiro atoms. The number of para-hydroxylation sites is 1. The van der Waals surface area contributed by atoms with Gasteiger partial charge in [-0.05, 0) is 25.3 Å². The number of nitrogens with zero attached hydrogens (tertiary/aromatic N) is 3. The van der Waals surface area contributed by atoms with E-state index < -0.39 is 0 Å². The maximum Gasteiger partial charge on any atom is 0.193 e. The first-order chi connectivity index (χ1) is 14.3. The molecule has 29 heavy (non-hydrogen) atoms. The molecule has 2 heterocycles. The van der Waals surface area contributed by atoms with E-state index in [1.165, 1.54) is 37.7 Å². The van der Waals surface area contributed by atoms with Gasteiger partial charge in [0.25, 0.3) is 0 Å². The van der Waals surface area contributed by atoms with Crippen molar-refractivity contribution in [2.45, 2.75) is 43.6 Å². The van der Waals surface area contributed by atoms with Gasteiger partial charge in [-0.2, -0.15) is 0 Å². The summed E-state index contributed by atoms with van der Waals surface area (Å²) >= 11 is 0. The molecule has 160 valence electrons. The zero-order valence-electron chi connectivity index (χ0n) is 18.0. The van der Waals surface area contributed by atoms with Crippen LogP contribution in [0.15, 0.2) is 29.3 Å². The Morgan fingerprint density at radius 1 is 1.21 bits per heavy atom. The molecule has 0 radical (unpaired) electrons. The fourth-order valence-corrected chi connectivity index (χ4v) is 5.43. The lowest BCUT2D eigenvalue weighted by atomic mass is 9.78. The van der Waals surface area contributed by atoms with E-state index in [0.29, 0.717) is 6.04 Å². The van der Waals surface area contributed by atoms with Crippen LogP contribution in [0.25, 0.3) is 0 Å². The maximum absolute atomic E-state index is 5.71. The van der Waals surface area contributed by atoms with E-state index in [1.54, 1.807) is 7.11 Å². The van der Waals surface area contributed by atoms with E-state index in [4.69, 9.17) is 9.47 Å². The molecule has 1 atom stereocenters. The van der Waals surface area contributed by atoms with Crippen LogP contribution in [-0.4, -0.2) is 81.9 Å². The van der Waals surface area contributed by atoms with Crippen molar-refractivity contribution in [3.05, 3.63) is 29.8 Å². The quantitative estimate of drug-likeness (QED) is 0.608. The third kappa shape index (κ3) is 4.38. The second-order valence-electron chi connectivity index (χ2n) is 8.63. The minimum absolute atomic E-state index is 0.131. The SMILES string of the molecule is CN=C(NCC1(c2ccccc2OC)CCCC1)N1CCC(N2CCOCC2)C1. The highest BCUT2D eigenvalue weighted by molar-refractivity contribution is 5.80. The molecule has 1 unspecified atom stereocenters.